The fourth-order valence-electron chi connectivity index (χ4n) is 5.46. The van der Waals surface area contributed by atoms with Crippen molar-refractivity contribution >= 4 is 74.9 Å². The highest BCUT2D eigenvalue weighted by molar-refractivity contribution is 6.40. The zero-order valence-electron chi connectivity index (χ0n) is 23.3. The highest BCUT2D eigenvalue weighted by Gasteiger charge is 2.28. The minimum Gasteiger partial charge on any atom is -0.466 e. The lowest BCUT2D eigenvalue weighted by molar-refractivity contribution is -0.143. The van der Waals surface area contributed by atoms with Gasteiger partial charge in [-0.2, -0.15) is 0 Å². The van der Waals surface area contributed by atoms with Crippen LogP contribution in [0.3, 0.4) is 0 Å². The SMILES string of the molecule is CCOC(=O)CCc1ccc2nc(N(C=O)c3c(Cl)cc4c(c3Cl)CCN(C(=O)c3ccc5ccoc5c3)C4)ccc2c1. The highest BCUT2D eigenvalue weighted by atomic mass is 35.5. The van der Waals surface area contributed by atoms with Crippen LogP contribution in [0.25, 0.3) is 21.9 Å². The van der Waals surface area contributed by atoms with Crippen LogP contribution in [0.5, 0.6) is 0 Å². The molecule has 5 aromatic rings. The number of amides is 2. The molecule has 0 saturated heterocycles. The molecule has 10 heteroatoms. The van der Waals surface area contributed by atoms with Crippen molar-refractivity contribution < 1.29 is 23.5 Å². The van der Waals surface area contributed by atoms with Gasteiger partial charge in [0.1, 0.15) is 11.4 Å². The first-order valence-corrected chi connectivity index (χ1v) is 14.7. The normalized spacial score (nSPS) is 12.8. The molecule has 43 heavy (non-hydrogen) atoms. The van der Waals surface area contributed by atoms with Crippen molar-refractivity contribution in [2.24, 2.45) is 0 Å². The lowest BCUT2D eigenvalue weighted by Gasteiger charge is -2.31. The van der Waals surface area contributed by atoms with E-state index in [1.807, 2.05) is 36.4 Å². The first-order valence-electron chi connectivity index (χ1n) is 13.9. The van der Waals surface area contributed by atoms with Gasteiger partial charge in [-0.05, 0) is 85.0 Å². The van der Waals surface area contributed by atoms with Gasteiger partial charge < -0.3 is 14.1 Å². The minimum atomic E-state index is -0.234. The first kappa shape index (κ1) is 28.7. The molecule has 0 fully saturated rings. The number of ether oxygens (including phenoxy) is 1. The third-order valence-electron chi connectivity index (χ3n) is 7.63. The molecule has 218 valence electrons. The summed E-state index contributed by atoms with van der Waals surface area (Å²) in [6.45, 7) is 2.93. The summed E-state index contributed by atoms with van der Waals surface area (Å²) in [6.07, 6.45) is 3.59. The summed E-state index contributed by atoms with van der Waals surface area (Å²) in [4.78, 5) is 45.2. The second kappa shape index (κ2) is 12.1. The Labute approximate surface area is 257 Å². The Balaban J connectivity index is 1.24. The van der Waals surface area contributed by atoms with Crippen LogP contribution in [0.15, 0.2) is 71.3 Å². The first-order chi connectivity index (χ1) is 20.9. The van der Waals surface area contributed by atoms with Crippen molar-refractivity contribution in [3.05, 3.63) is 99.2 Å². The van der Waals surface area contributed by atoms with Gasteiger partial charge in [0.05, 0.1) is 34.1 Å². The lowest BCUT2D eigenvalue weighted by Crippen LogP contribution is -2.36. The van der Waals surface area contributed by atoms with Crippen molar-refractivity contribution in [2.75, 3.05) is 18.1 Å². The van der Waals surface area contributed by atoms with E-state index in [0.717, 1.165) is 27.5 Å². The number of benzene rings is 3. The number of rotatable bonds is 8. The molecule has 2 aromatic heterocycles. The van der Waals surface area contributed by atoms with E-state index in [0.29, 0.717) is 78.6 Å². The Hall–Kier alpha value is -4.40. The van der Waals surface area contributed by atoms with E-state index in [9.17, 15) is 14.4 Å². The molecule has 8 nitrogen and oxygen atoms in total. The number of aryl methyl sites for hydroxylation is 1. The molecule has 0 bridgehead atoms. The number of pyridine rings is 1. The van der Waals surface area contributed by atoms with E-state index in [-0.39, 0.29) is 16.9 Å². The topological polar surface area (TPSA) is 93.0 Å². The molecule has 0 saturated carbocycles. The zero-order chi connectivity index (χ0) is 30.1. The van der Waals surface area contributed by atoms with Crippen LogP contribution < -0.4 is 4.90 Å². The summed E-state index contributed by atoms with van der Waals surface area (Å²) in [5, 5.41) is 2.44. The molecular weight excluding hydrogens is 589 g/mol. The van der Waals surface area contributed by atoms with Crippen molar-refractivity contribution in [3.63, 3.8) is 0 Å². The molecule has 0 aliphatic carbocycles. The minimum absolute atomic E-state index is 0.112. The number of carbonyl (C=O) groups is 3. The number of nitrogens with zero attached hydrogens (tertiary/aromatic N) is 3. The van der Waals surface area contributed by atoms with E-state index < -0.39 is 0 Å². The maximum atomic E-state index is 13.3. The lowest BCUT2D eigenvalue weighted by atomic mass is 9.97. The Morgan fingerprint density at radius 2 is 1.91 bits per heavy atom. The number of hydrogen-bond donors (Lipinski definition) is 0. The van der Waals surface area contributed by atoms with Crippen molar-refractivity contribution in [3.8, 4) is 0 Å². The molecule has 0 atom stereocenters. The number of esters is 1. The Bertz CT molecular complexity index is 1890. The molecule has 3 aromatic carbocycles. The summed E-state index contributed by atoms with van der Waals surface area (Å²) < 4.78 is 10.5. The Morgan fingerprint density at radius 3 is 2.72 bits per heavy atom. The van der Waals surface area contributed by atoms with Crippen LogP contribution in [-0.4, -0.2) is 41.3 Å². The maximum absolute atomic E-state index is 13.3. The smallest absolute Gasteiger partial charge is 0.306 e. The van der Waals surface area contributed by atoms with Crippen molar-refractivity contribution in [2.45, 2.75) is 32.7 Å². The molecule has 6 rings (SSSR count). The quantitative estimate of drug-likeness (QED) is 0.134. The molecule has 2 amide bonds. The van der Waals surface area contributed by atoms with Gasteiger partial charge in [0, 0.05) is 35.8 Å². The predicted octanol–water partition coefficient (Wildman–Crippen LogP) is 7.28. The van der Waals surface area contributed by atoms with Crippen LogP contribution >= 0.6 is 23.2 Å². The number of aromatic nitrogens is 1. The standard InChI is InChI=1S/C33H27Cl2N3O5/c1-2-42-30(40)10-4-20-3-8-27-22(15-20)7-9-29(36-27)38(19-39)32-26(34)16-24-18-37(13-11-25(24)31(32)35)33(41)23-6-5-21-12-14-43-28(21)17-23/h3,5-9,12,14-17,19H,2,4,10-11,13,18H2,1H3. The third kappa shape index (κ3) is 5.68. The van der Waals surface area contributed by atoms with Gasteiger partial charge in [-0.3, -0.25) is 19.3 Å². The van der Waals surface area contributed by atoms with Gasteiger partial charge in [-0.1, -0.05) is 35.3 Å². The average molecular weight is 617 g/mol. The van der Waals surface area contributed by atoms with Gasteiger partial charge in [0.15, 0.2) is 0 Å². The van der Waals surface area contributed by atoms with E-state index in [1.165, 1.54) is 4.90 Å². The fraction of sp³-hybridized carbons (Fsp3) is 0.212. The molecular formula is C33H27Cl2N3O5. The van der Waals surface area contributed by atoms with E-state index in [1.54, 1.807) is 42.4 Å². The van der Waals surface area contributed by atoms with Crippen LogP contribution in [0, 0.1) is 0 Å². The summed E-state index contributed by atoms with van der Waals surface area (Å²) in [5.74, 6) is 0.0217. The van der Waals surface area contributed by atoms with E-state index in [2.05, 4.69) is 0 Å². The molecule has 1 aliphatic heterocycles. The average Bonchev–Trinajstić information content (AvgIpc) is 3.49. The largest absolute Gasteiger partial charge is 0.466 e. The molecule has 0 N–H and O–H groups in total. The second-order valence-corrected chi connectivity index (χ2v) is 11.1. The van der Waals surface area contributed by atoms with E-state index >= 15 is 0 Å². The molecule has 0 spiro atoms. The van der Waals surface area contributed by atoms with Crippen LogP contribution in [-0.2, 0) is 33.7 Å². The number of anilines is 2. The van der Waals surface area contributed by atoms with Gasteiger partial charge >= 0.3 is 5.97 Å². The summed E-state index contributed by atoms with van der Waals surface area (Å²) >= 11 is 13.7. The van der Waals surface area contributed by atoms with Crippen LogP contribution in [0.1, 0.15) is 40.4 Å². The second-order valence-electron chi connectivity index (χ2n) is 10.3. The Morgan fingerprint density at radius 1 is 1.07 bits per heavy atom. The van der Waals surface area contributed by atoms with Gasteiger partial charge in [-0.25, -0.2) is 4.98 Å². The summed E-state index contributed by atoms with van der Waals surface area (Å²) in [5.41, 5.74) is 4.87. The van der Waals surface area contributed by atoms with Crippen LogP contribution in [0.4, 0.5) is 11.5 Å². The molecule has 3 heterocycles. The monoisotopic (exact) mass is 615 g/mol. The van der Waals surface area contributed by atoms with Crippen molar-refractivity contribution in [1.82, 2.24) is 9.88 Å². The number of halogens is 2. The van der Waals surface area contributed by atoms with E-state index in [4.69, 9.17) is 37.3 Å². The van der Waals surface area contributed by atoms with Gasteiger partial charge in [-0.15, -0.1) is 0 Å². The summed E-state index contributed by atoms with van der Waals surface area (Å²) in [7, 11) is 0. The highest BCUT2D eigenvalue weighted by Crippen LogP contribution is 2.42. The van der Waals surface area contributed by atoms with Gasteiger partial charge in [0.25, 0.3) is 5.91 Å². The predicted molar refractivity (Wildman–Crippen MR) is 166 cm³/mol. The summed E-state index contributed by atoms with van der Waals surface area (Å²) in [6, 6.07) is 18.3. The molecule has 1 aliphatic rings. The number of carbonyl (C=O) groups excluding carboxylic acids is 3. The zero-order valence-corrected chi connectivity index (χ0v) is 24.8. The molecule has 0 unspecified atom stereocenters. The number of fused-ring (bicyclic) bond motifs is 3. The fourth-order valence-corrected chi connectivity index (χ4v) is 6.23. The maximum Gasteiger partial charge on any atom is 0.306 e. The molecule has 0 radical (unpaired) electrons. The van der Waals surface area contributed by atoms with Gasteiger partial charge in [0.2, 0.25) is 6.41 Å². The number of furan rings is 1. The number of hydrogen-bond acceptors (Lipinski definition) is 6. The third-order valence-corrected chi connectivity index (χ3v) is 8.32. The van der Waals surface area contributed by atoms with Crippen molar-refractivity contribution in [1.29, 1.82) is 0 Å². The Kier molecular flexibility index (Phi) is 8.06. The van der Waals surface area contributed by atoms with Crippen LogP contribution in [0.2, 0.25) is 10.0 Å².